The first-order valence-corrected chi connectivity index (χ1v) is 5.65. The smallest absolute Gasteiger partial charge is 0.139 e. The maximum Gasteiger partial charge on any atom is 0.139 e. The summed E-state index contributed by atoms with van der Waals surface area (Å²) in [6.07, 6.45) is 1.60. The van der Waals surface area contributed by atoms with Gasteiger partial charge in [0, 0.05) is 16.9 Å². The lowest BCUT2D eigenvalue weighted by Crippen LogP contribution is -2.15. The molecule has 0 amide bonds. The fourth-order valence-electron chi connectivity index (χ4n) is 2.30. The summed E-state index contributed by atoms with van der Waals surface area (Å²) in [4.78, 5) is 11.7. The highest BCUT2D eigenvalue weighted by atomic mass is 35.5. The second-order valence-electron chi connectivity index (χ2n) is 4.97. The van der Waals surface area contributed by atoms with Gasteiger partial charge >= 0.3 is 0 Å². The number of ketones is 1. The number of Topliss-reactive ketones (excluding diaryl/α,β-unsaturated/α-hetero) is 1. The quantitative estimate of drug-likeness (QED) is 0.706. The van der Waals surface area contributed by atoms with Crippen LogP contribution in [0.5, 0.6) is 0 Å². The third-order valence-corrected chi connectivity index (χ3v) is 3.50. The van der Waals surface area contributed by atoms with Crippen LogP contribution in [0.25, 0.3) is 0 Å². The van der Waals surface area contributed by atoms with E-state index in [1.165, 1.54) is 5.56 Å². The Morgan fingerprint density at radius 2 is 2.13 bits per heavy atom. The van der Waals surface area contributed by atoms with E-state index in [4.69, 9.17) is 11.6 Å². The fraction of sp³-hybridized carbons (Fsp3) is 0.462. The molecular weight excluding hydrogens is 208 g/mol. The van der Waals surface area contributed by atoms with E-state index in [2.05, 4.69) is 6.07 Å². The van der Waals surface area contributed by atoms with Gasteiger partial charge in [-0.1, -0.05) is 37.6 Å². The van der Waals surface area contributed by atoms with Crippen LogP contribution in [0.3, 0.4) is 0 Å². The summed E-state index contributed by atoms with van der Waals surface area (Å²) >= 11 is 5.95. The number of rotatable bonds is 1. The minimum absolute atomic E-state index is 0.160. The van der Waals surface area contributed by atoms with Crippen molar-refractivity contribution in [1.29, 1.82) is 0 Å². The molecule has 2 rings (SSSR count). The van der Waals surface area contributed by atoms with E-state index in [0.29, 0.717) is 18.1 Å². The van der Waals surface area contributed by atoms with E-state index in [1.807, 2.05) is 32.0 Å². The van der Waals surface area contributed by atoms with Crippen LogP contribution in [0.4, 0.5) is 0 Å². The van der Waals surface area contributed by atoms with Crippen LogP contribution in [-0.2, 0) is 4.79 Å². The molecule has 1 fully saturated rings. The molecule has 1 nitrogen and oxygen atoms in total. The lowest BCUT2D eigenvalue weighted by Gasteiger charge is -2.15. The van der Waals surface area contributed by atoms with Gasteiger partial charge < -0.3 is 0 Å². The van der Waals surface area contributed by atoms with Crippen LogP contribution in [0.1, 0.15) is 38.2 Å². The molecule has 0 saturated heterocycles. The number of benzene rings is 1. The number of hydrogen-bond donors (Lipinski definition) is 0. The third-order valence-electron chi connectivity index (χ3n) is 3.26. The van der Waals surface area contributed by atoms with Crippen LogP contribution < -0.4 is 0 Å². The molecule has 0 spiro atoms. The first-order chi connectivity index (χ1) is 6.99. The largest absolute Gasteiger partial charge is 0.299 e. The predicted molar refractivity (Wildman–Crippen MR) is 62.2 cm³/mol. The second kappa shape index (κ2) is 3.64. The Hall–Kier alpha value is -0.820. The first kappa shape index (κ1) is 10.7. The summed E-state index contributed by atoms with van der Waals surface area (Å²) in [6, 6.07) is 7.85. The second-order valence-corrected chi connectivity index (χ2v) is 5.40. The minimum Gasteiger partial charge on any atom is -0.299 e. The standard InChI is InChI=1S/C13H15ClO/c1-13(2)8-10(7-12(13)15)9-4-3-5-11(14)6-9/h3-6,10H,7-8H2,1-2H3/t10-/m0/s1. The third kappa shape index (κ3) is 2.07. The van der Waals surface area contributed by atoms with Gasteiger partial charge in [-0.05, 0) is 30.0 Å². The van der Waals surface area contributed by atoms with Crippen molar-refractivity contribution in [3.8, 4) is 0 Å². The molecule has 1 saturated carbocycles. The number of carbonyl (C=O) groups is 1. The van der Waals surface area contributed by atoms with Crippen molar-refractivity contribution in [1.82, 2.24) is 0 Å². The van der Waals surface area contributed by atoms with Crippen LogP contribution in [-0.4, -0.2) is 5.78 Å². The van der Waals surface area contributed by atoms with Crippen molar-refractivity contribution in [3.05, 3.63) is 34.9 Å². The van der Waals surface area contributed by atoms with Gasteiger partial charge in [-0.25, -0.2) is 0 Å². The molecule has 0 aromatic heterocycles. The monoisotopic (exact) mass is 222 g/mol. The minimum atomic E-state index is -0.160. The zero-order valence-electron chi connectivity index (χ0n) is 9.09. The number of halogens is 1. The Balaban J connectivity index is 2.25. The van der Waals surface area contributed by atoms with Crippen LogP contribution in [0.15, 0.2) is 24.3 Å². The summed E-state index contributed by atoms with van der Waals surface area (Å²) in [5, 5.41) is 0.754. The molecule has 80 valence electrons. The van der Waals surface area contributed by atoms with E-state index in [1.54, 1.807) is 0 Å². The lowest BCUT2D eigenvalue weighted by molar-refractivity contribution is -0.124. The average molecular weight is 223 g/mol. The SMILES string of the molecule is CC1(C)C[C@@H](c2cccc(Cl)c2)CC1=O. The molecule has 2 heteroatoms. The summed E-state index contributed by atoms with van der Waals surface area (Å²) in [5.41, 5.74) is 1.04. The van der Waals surface area contributed by atoms with Crippen molar-refractivity contribution in [3.63, 3.8) is 0 Å². The van der Waals surface area contributed by atoms with E-state index >= 15 is 0 Å². The molecule has 1 aliphatic carbocycles. The van der Waals surface area contributed by atoms with Gasteiger partial charge in [0.15, 0.2) is 0 Å². The van der Waals surface area contributed by atoms with Crippen molar-refractivity contribution >= 4 is 17.4 Å². The molecule has 1 atom stereocenters. The van der Waals surface area contributed by atoms with E-state index in [9.17, 15) is 4.79 Å². The molecule has 0 radical (unpaired) electrons. The average Bonchev–Trinajstić information content (AvgIpc) is 2.42. The van der Waals surface area contributed by atoms with Crippen LogP contribution in [0, 0.1) is 5.41 Å². The van der Waals surface area contributed by atoms with E-state index in [0.717, 1.165) is 11.4 Å². The van der Waals surface area contributed by atoms with Gasteiger partial charge in [0.05, 0.1) is 0 Å². The number of hydrogen-bond acceptors (Lipinski definition) is 1. The number of carbonyl (C=O) groups excluding carboxylic acids is 1. The Bertz CT molecular complexity index is 395. The summed E-state index contributed by atoms with van der Waals surface area (Å²) in [6.45, 7) is 4.06. The molecule has 15 heavy (non-hydrogen) atoms. The molecular formula is C13H15ClO. The van der Waals surface area contributed by atoms with Gasteiger partial charge in [0.2, 0.25) is 0 Å². The summed E-state index contributed by atoms with van der Waals surface area (Å²) in [5.74, 6) is 0.721. The van der Waals surface area contributed by atoms with Gasteiger partial charge in [-0.2, -0.15) is 0 Å². The van der Waals surface area contributed by atoms with Crippen LogP contribution in [0.2, 0.25) is 5.02 Å². The van der Waals surface area contributed by atoms with Crippen molar-refractivity contribution < 1.29 is 4.79 Å². The Labute approximate surface area is 95.4 Å². The molecule has 0 aliphatic heterocycles. The lowest BCUT2D eigenvalue weighted by atomic mass is 9.88. The van der Waals surface area contributed by atoms with Crippen LogP contribution >= 0.6 is 11.6 Å². The molecule has 1 aromatic carbocycles. The van der Waals surface area contributed by atoms with Crippen molar-refractivity contribution in [2.24, 2.45) is 5.41 Å². The molecule has 0 heterocycles. The molecule has 1 aliphatic rings. The topological polar surface area (TPSA) is 17.1 Å². The molecule has 0 bridgehead atoms. The Morgan fingerprint density at radius 1 is 1.40 bits per heavy atom. The zero-order chi connectivity index (χ0) is 11.1. The van der Waals surface area contributed by atoms with Crippen molar-refractivity contribution in [2.75, 3.05) is 0 Å². The van der Waals surface area contributed by atoms with Gasteiger partial charge in [0.1, 0.15) is 5.78 Å². The fourth-order valence-corrected chi connectivity index (χ4v) is 2.50. The molecule has 1 aromatic rings. The zero-order valence-corrected chi connectivity index (χ0v) is 9.84. The maximum absolute atomic E-state index is 11.7. The highest BCUT2D eigenvalue weighted by Crippen LogP contribution is 2.43. The first-order valence-electron chi connectivity index (χ1n) is 5.28. The van der Waals surface area contributed by atoms with Gasteiger partial charge in [-0.15, -0.1) is 0 Å². The Morgan fingerprint density at radius 3 is 2.67 bits per heavy atom. The van der Waals surface area contributed by atoms with E-state index < -0.39 is 0 Å². The molecule has 0 unspecified atom stereocenters. The normalized spacial score (nSPS) is 24.5. The van der Waals surface area contributed by atoms with Gasteiger partial charge in [0.25, 0.3) is 0 Å². The Kier molecular flexibility index (Phi) is 2.59. The summed E-state index contributed by atoms with van der Waals surface area (Å²) in [7, 11) is 0. The molecule has 0 N–H and O–H groups in total. The maximum atomic E-state index is 11.7. The van der Waals surface area contributed by atoms with Crippen molar-refractivity contribution in [2.45, 2.75) is 32.6 Å². The predicted octanol–water partition coefficient (Wildman–Crippen LogP) is 3.81. The highest BCUT2D eigenvalue weighted by molar-refractivity contribution is 6.30. The summed E-state index contributed by atoms with van der Waals surface area (Å²) < 4.78 is 0. The van der Waals surface area contributed by atoms with E-state index in [-0.39, 0.29) is 5.41 Å². The highest BCUT2D eigenvalue weighted by Gasteiger charge is 2.39. The van der Waals surface area contributed by atoms with Gasteiger partial charge in [-0.3, -0.25) is 4.79 Å².